The molecule has 1 heterocycles. The number of aliphatic carboxylic acids is 1. The topological polar surface area (TPSA) is 314 Å². The van der Waals surface area contributed by atoms with Crippen molar-refractivity contribution in [3.8, 4) is 11.1 Å². The molecule has 1 aliphatic heterocycles. The maximum absolute atomic E-state index is 14.8. The average Bonchev–Trinajstić information content (AvgIpc) is 1.61. The first kappa shape index (κ1) is 75.3. The largest absolute Gasteiger partial charge is 0.480 e. The summed E-state index contributed by atoms with van der Waals surface area (Å²) in [5, 5.41) is 22.6. The molecule has 0 unspecified atom stereocenters. The number of hydrogen-bond donors (Lipinski definition) is 6. The Labute approximate surface area is 562 Å². The molecule has 6 N–H and O–H groups in total. The van der Waals surface area contributed by atoms with Gasteiger partial charge >= 0.3 is 12.1 Å². The molecule has 0 spiro atoms. The van der Waals surface area contributed by atoms with E-state index >= 15 is 0 Å². The summed E-state index contributed by atoms with van der Waals surface area (Å²) in [6.45, 7) is 12.2. The number of carbonyl (C=O) groups excluding carboxylic acids is 11. The highest BCUT2D eigenvalue weighted by Crippen LogP contribution is 2.44. The minimum atomic E-state index is -1.25. The average molecular weight is 1330 g/mol. The van der Waals surface area contributed by atoms with Crippen molar-refractivity contribution in [1.29, 1.82) is 0 Å². The van der Waals surface area contributed by atoms with E-state index in [9.17, 15) is 62.6 Å². The summed E-state index contributed by atoms with van der Waals surface area (Å²) in [5.41, 5.74) is 5.56. The van der Waals surface area contributed by atoms with Crippen LogP contribution in [0.5, 0.6) is 0 Å². The van der Waals surface area contributed by atoms with E-state index in [1.165, 1.54) is 77.6 Å². The lowest BCUT2D eigenvalue weighted by molar-refractivity contribution is -0.149. The van der Waals surface area contributed by atoms with Crippen molar-refractivity contribution in [3.05, 3.63) is 131 Å². The van der Waals surface area contributed by atoms with Crippen molar-refractivity contribution in [1.82, 2.24) is 56.0 Å². The molecule has 96 heavy (non-hydrogen) atoms. The molecule has 9 atom stereocenters. The van der Waals surface area contributed by atoms with Gasteiger partial charge in [-0.05, 0) is 98.6 Å². The van der Waals surface area contributed by atoms with Crippen LogP contribution in [-0.4, -0.2) is 221 Å². The van der Waals surface area contributed by atoms with Crippen molar-refractivity contribution in [3.63, 3.8) is 0 Å². The van der Waals surface area contributed by atoms with Crippen LogP contribution < -0.4 is 26.6 Å². The van der Waals surface area contributed by atoms with Gasteiger partial charge < -0.3 is 60.9 Å². The summed E-state index contributed by atoms with van der Waals surface area (Å²) in [7, 11) is 7.02. The fourth-order valence-corrected chi connectivity index (χ4v) is 11.8. The second kappa shape index (κ2) is 34.6. The molecule has 1 saturated heterocycles. The summed E-state index contributed by atoms with van der Waals surface area (Å²) in [6, 6.07) is 23.2. The maximum atomic E-state index is 14.8. The molecule has 0 saturated carbocycles. The fraction of sp³-hybridized carbons (Fsp3) is 0.493. The van der Waals surface area contributed by atoms with Crippen LogP contribution in [0.3, 0.4) is 0 Å². The SMILES string of the molecule is CC(C)C[C@H](NC(=O)[C@H](C)N(C)C(=O)OCC1c2ccccc2-c2ccccc21)C(=O)N(C)CC(=O)N[C@@H](C)C(=O)N[C@@H](CC(C)C)C(=O)N(C)[C@@H](Cc1ccccc1)C(=O)N(C)[C@@H](C)C(=O)NCC(=O)N(C)[C@@H](Cc1ccccc1)C(=O)N1CCC[C@H]1C(=O)N[C@@H](C)C(=O)O. The maximum Gasteiger partial charge on any atom is 0.410 e. The standard InChI is InChI=1S/C71H95N11O14/c1-42(2)35-55(76-64(87)47(8)79(11)71(95)96-41-54-52-31-22-20-29-50(52)51-30-21-23-32-53(51)54)66(89)77(9)40-60(83)73-44(5)62(85)75-56(36-43(3)4)67(90)81(13)58(37-48-25-16-14-17-26-48)68(91)78(10)46(7)63(86)72-39-61(84)80(12)59(38-49-27-18-15-19-28-49)69(92)82-34-24-33-57(82)65(88)74-45(6)70(93)94/h14-23,25-32,42-47,54-59H,24,33-41H2,1-13H3,(H,72,86)(H,73,83)(H,74,88)(H,75,85)(H,76,87)(H,93,94)/t44-,45-,46-,47-,55-,56-,57-,58-,59-/m0/s1. The Kier molecular flexibility index (Phi) is 27.2. The normalized spacial score (nSPS) is 15.7. The molecule has 2 aliphatic rings. The van der Waals surface area contributed by atoms with E-state index in [1.807, 2.05) is 76.2 Å². The van der Waals surface area contributed by atoms with Gasteiger partial charge in [0.1, 0.15) is 61.0 Å². The van der Waals surface area contributed by atoms with Gasteiger partial charge in [0, 0.05) is 60.5 Å². The molecule has 0 aromatic heterocycles. The number of likely N-dealkylation sites (tertiary alicyclic amines) is 1. The molecule has 25 heteroatoms. The van der Waals surface area contributed by atoms with Crippen molar-refractivity contribution in [2.24, 2.45) is 11.8 Å². The third-order valence-electron chi connectivity index (χ3n) is 17.8. The van der Waals surface area contributed by atoms with Gasteiger partial charge in [-0.2, -0.15) is 0 Å². The van der Waals surface area contributed by atoms with Crippen molar-refractivity contribution in [2.75, 3.05) is 61.5 Å². The van der Waals surface area contributed by atoms with Crippen molar-refractivity contribution >= 4 is 71.1 Å². The Bertz CT molecular complexity index is 3400. The predicted molar refractivity (Wildman–Crippen MR) is 359 cm³/mol. The van der Waals surface area contributed by atoms with Crippen LogP contribution in [-0.2, 0) is 70.3 Å². The van der Waals surface area contributed by atoms with E-state index in [4.69, 9.17) is 4.74 Å². The van der Waals surface area contributed by atoms with Gasteiger partial charge in [0.15, 0.2) is 0 Å². The molecule has 4 aromatic carbocycles. The Morgan fingerprint density at radius 2 is 1.04 bits per heavy atom. The Hall–Kier alpha value is -9.68. The Balaban J connectivity index is 1.06. The van der Waals surface area contributed by atoms with Crippen LogP contribution in [0, 0.1) is 11.8 Å². The van der Waals surface area contributed by atoms with E-state index in [-0.39, 0.29) is 63.0 Å². The van der Waals surface area contributed by atoms with E-state index in [1.54, 1.807) is 60.7 Å². The second-order valence-corrected chi connectivity index (χ2v) is 25.9. The van der Waals surface area contributed by atoms with Gasteiger partial charge in [-0.1, -0.05) is 137 Å². The number of ether oxygens (including phenoxy) is 1. The van der Waals surface area contributed by atoms with E-state index in [2.05, 4.69) is 26.6 Å². The molecule has 0 bridgehead atoms. The number of hydrogen-bond acceptors (Lipinski definition) is 13. The Morgan fingerprint density at radius 3 is 1.58 bits per heavy atom. The summed E-state index contributed by atoms with van der Waals surface area (Å²) in [5.74, 6) is -8.30. The number of amides is 11. The zero-order chi connectivity index (χ0) is 70.8. The quantitative estimate of drug-likeness (QED) is 0.0416. The first-order valence-corrected chi connectivity index (χ1v) is 32.6. The first-order valence-electron chi connectivity index (χ1n) is 32.6. The van der Waals surface area contributed by atoms with Gasteiger partial charge in [0.25, 0.3) is 0 Å². The van der Waals surface area contributed by atoms with Crippen LogP contribution in [0.4, 0.5) is 4.79 Å². The zero-order valence-corrected chi connectivity index (χ0v) is 57.3. The fourth-order valence-electron chi connectivity index (χ4n) is 11.8. The molecule has 0 radical (unpaired) electrons. The number of nitrogens with one attached hydrogen (secondary N) is 5. The number of likely N-dealkylation sites (N-methyl/N-ethyl adjacent to an activating group) is 5. The summed E-state index contributed by atoms with van der Waals surface area (Å²) in [4.78, 5) is 173. The first-order chi connectivity index (χ1) is 45.4. The van der Waals surface area contributed by atoms with Gasteiger partial charge in [-0.3, -0.25) is 57.6 Å². The van der Waals surface area contributed by atoms with E-state index in [0.29, 0.717) is 17.5 Å². The monoisotopic (exact) mass is 1330 g/mol. The molecule has 1 aliphatic carbocycles. The Morgan fingerprint density at radius 1 is 0.542 bits per heavy atom. The van der Waals surface area contributed by atoms with Crippen molar-refractivity contribution in [2.45, 2.75) is 154 Å². The number of rotatable bonds is 31. The van der Waals surface area contributed by atoms with E-state index in [0.717, 1.165) is 37.0 Å². The molecule has 1 fully saturated rings. The highest BCUT2D eigenvalue weighted by atomic mass is 16.6. The molecular formula is C71H95N11O14. The van der Waals surface area contributed by atoms with Gasteiger partial charge in [-0.25, -0.2) is 4.79 Å². The van der Waals surface area contributed by atoms with Crippen LogP contribution >= 0.6 is 0 Å². The zero-order valence-electron chi connectivity index (χ0n) is 57.3. The third-order valence-corrected chi connectivity index (χ3v) is 17.8. The van der Waals surface area contributed by atoms with Gasteiger partial charge in [-0.15, -0.1) is 0 Å². The number of benzene rings is 4. The van der Waals surface area contributed by atoms with E-state index < -0.39 is 139 Å². The molecule has 25 nitrogen and oxygen atoms in total. The lowest BCUT2D eigenvalue weighted by atomic mass is 9.98. The second-order valence-electron chi connectivity index (χ2n) is 25.9. The van der Waals surface area contributed by atoms with Crippen LogP contribution in [0.25, 0.3) is 11.1 Å². The highest BCUT2D eigenvalue weighted by molar-refractivity contribution is 5.98. The lowest BCUT2D eigenvalue weighted by Gasteiger charge is -2.35. The predicted octanol–water partition coefficient (Wildman–Crippen LogP) is 3.96. The molecular weight excluding hydrogens is 1230 g/mol. The minimum Gasteiger partial charge on any atom is -0.480 e. The molecule has 518 valence electrons. The third kappa shape index (κ3) is 19.7. The molecule has 4 aromatic rings. The minimum absolute atomic E-state index is 0.0149. The lowest BCUT2D eigenvalue weighted by Crippen LogP contribution is -2.59. The van der Waals surface area contributed by atoms with Crippen LogP contribution in [0.15, 0.2) is 109 Å². The van der Waals surface area contributed by atoms with Crippen molar-refractivity contribution < 1.29 is 67.4 Å². The van der Waals surface area contributed by atoms with Gasteiger partial charge in [0.05, 0.1) is 13.1 Å². The number of fused-ring (bicyclic) bond motifs is 3. The van der Waals surface area contributed by atoms with Gasteiger partial charge in [0.2, 0.25) is 59.1 Å². The summed E-state index contributed by atoms with van der Waals surface area (Å²) < 4.78 is 5.78. The van der Waals surface area contributed by atoms with Crippen LogP contribution in [0.1, 0.15) is 109 Å². The number of carboxylic acids is 1. The molecule has 6 rings (SSSR count). The molecule has 11 amide bonds. The summed E-state index contributed by atoms with van der Waals surface area (Å²) >= 11 is 0. The summed E-state index contributed by atoms with van der Waals surface area (Å²) in [6.07, 6.45) is 0.341. The number of carboxylic acid groups (broad SMARTS) is 1. The smallest absolute Gasteiger partial charge is 0.410 e. The highest BCUT2D eigenvalue weighted by Gasteiger charge is 2.42. The number of nitrogens with zero attached hydrogens (tertiary/aromatic N) is 6. The van der Waals surface area contributed by atoms with Crippen LogP contribution in [0.2, 0.25) is 0 Å². The number of carbonyl (C=O) groups is 12.